The van der Waals surface area contributed by atoms with Crippen LogP contribution in [0.3, 0.4) is 0 Å². The van der Waals surface area contributed by atoms with Crippen LogP contribution >= 0.6 is 35.2 Å². The summed E-state index contributed by atoms with van der Waals surface area (Å²) in [7, 11) is 3.23. The van der Waals surface area contributed by atoms with Crippen LogP contribution in [-0.2, 0) is 4.79 Å². The van der Waals surface area contributed by atoms with Gasteiger partial charge in [0, 0.05) is 32.3 Å². The maximum atomic E-state index is 13.0. The van der Waals surface area contributed by atoms with Crippen molar-refractivity contribution in [2.24, 2.45) is 11.8 Å². The fourth-order valence-electron chi connectivity index (χ4n) is 3.19. The molecular weight excluding hydrogens is 409 g/mol. The molecule has 1 saturated heterocycles. The normalized spacial score (nSPS) is 26.5. The molecule has 0 spiro atoms. The second-order valence-electron chi connectivity index (χ2n) is 6.20. The Morgan fingerprint density at radius 3 is 2.69 bits per heavy atom. The van der Waals surface area contributed by atoms with Crippen LogP contribution in [0.5, 0.6) is 0 Å². The molecule has 2 N–H and O–H groups in total. The van der Waals surface area contributed by atoms with Gasteiger partial charge < -0.3 is 15.2 Å². The molecule has 3 atom stereocenters. The molecule has 5 nitrogen and oxygen atoms in total. The maximum Gasteiger partial charge on any atom is 0.409 e. The number of halogens is 4. The minimum Gasteiger partial charge on any atom is -0.368 e. The number of hydrogen-bond donors (Lipinski definition) is 2. The summed E-state index contributed by atoms with van der Waals surface area (Å²) in [4.78, 5) is 14.9. The highest BCUT2D eigenvalue weighted by molar-refractivity contribution is 7.80. The number of thiophene rings is 1. The van der Waals surface area contributed by atoms with Gasteiger partial charge in [0.05, 0.1) is 16.6 Å². The van der Waals surface area contributed by atoms with Gasteiger partial charge in [-0.05, 0) is 17.5 Å². The van der Waals surface area contributed by atoms with Gasteiger partial charge in [0.15, 0.2) is 0 Å². The Morgan fingerprint density at radius 2 is 2.15 bits per heavy atom. The van der Waals surface area contributed by atoms with Gasteiger partial charge in [-0.15, -0.1) is 11.3 Å². The van der Waals surface area contributed by atoms with E-state index in [0.717, 1.165) is 6.08 Å². The highest BCUT2D eigenvalue weighted by atomic mass is 35.5. The van der Waals surface area contributed by atoms with Crippen molar-refractivity contribution in [2.75, 3.05) is 26.0 Å². The number of thiocarbonyl (C=S) groups is 1. The van der Waals surface area contributed by atoms with Crippen LogP contribution in [0.1, 0.15) is 0 Å². The second-order valence-corrected chi connectivity index (χ2v) is 8.14. The molecule has 0 saturated carbocycles. The third kappa shape index (κ3) is 3.55. The molecule has 1 fully saturated rings. The smallest absolute Gasteiger partial charge is 0.368 e. The molecule has 1 unspecified atom stereocenters. The van der Waals surface area contributed by atoms with E-state index in [0.29, 0.717) is 27.3 Å². The molecule has 11 heteroatoms. The number of anilines is 1. The predicted octanol–water partition coefficient (Wildman–Crippen LogP) is 3.11. The quantitative estimate of drug-likeness (QED) is 0.730. The lowest BCUT2D eigenvalue weighted by Crippen LogP contribution is -2.44. The molecule has 2 aliphatic rings. The van der Waals surface area contributed by atoms with Gasteiger partial charge in [0.2, 0.25) is 5.91 Å². The SMILES string of the molecule is CN1C[C@H](C2=CC(C(F)(F)F)NN2C)[C@@H](C(=O)Nc2ccsc2Cl)C1=S. The Labute approximate surface area is 162 Å². The average Bonchev–Trinajstić information content (AvgIpc) is 3.19. The summed E-state index contributed by atoms with van der Waals surface area (Å²) in [6, 6.07) is -0.110. The van der Waals surface area contributed by atoms with Crippen molar-refractivity contribution in [1.82, 2.24) is 15.3 Å². The van der Waals surface area contributed by atoms with Crippen LogP contribution in [0.2, 0.25) is 4.34 Å². The Kier molecular flexibility index (Phi) is 5.22. The van der Waals surface area contributed by atoms with Gasteiger partial charge in [-0.1, -0.05) is 23.8 Å². The van der Waals surface area contributed by atoms with E-state index in [1.165, 1.54) is 23.4 Å². The molecule has 26 heavy (non-hydrogen) atoms. The zero-order valence-electron chi connectivity index (χ0n) is 13.8. The third-order valence-electron chi connectivity index (χ3n) is 4.46. The number of alkyl halides is 3. The van der Waals surface area contributed by atoms with Crippen LogP contribution in [-0.4, -0.2) is 53.7 Å². The first-order valence-corrected chi connectivity index (χ1v) is 9.33. The zero-order valence-corrected chi connectivity index (χ0v) is 16.2. The third-order valence-corrected chi connectivity index (χ3v) is 6.20. The number of carbonyl (C=O) groups excluding carboxylic acids is 1. The highest BCUT2D eigenvalue weighted by Crippen LogP contribution is 2.38. The summed E-state index contributed by atoms with van der Waals surface area (Å²) in [5, 5.41) is 5.79. The number of hydrogen-bond acceptors (Lipinski definition) is 5. The van der Waals surface area contributed by atoms with E-state index >= 15 is 0 Å². The molecule has 1 aromatic heterocycles. The van der Waals surface area contributed by atoms with E-state index in [2.05, 4.69) is 10.7 Å². The lowest BCUT2D eigenvalue weighted by atomic mass is 9.91. The molecule has 0 aromatic carbocycles. The minimum absolute atomic E-state index is 0.358. The summed E-state index contributed by atoms with van der Waals surface area (Å²) in [5.74, 6) is -1.63. The van der Waals surface area contributed by atoms with Crippen LogP contribution in [0.15, 0.2) is 23.2 Å². The van der Waals surface area contributed by atoms with E-state index in [1.54, 1.807) is 23.4 Å². The molecule has 142 valence electrons. The van der Waals surface area contributed by atoms with Crippen molar-refractivity contribution in [3.8, 4) is 0 Å². The molecular formula is C15H16ClF3N4OS2. The lowest BCUT2D eigenvalue weighted by molar-refractivity contribution is -0.149. The van der Waals surface area contributed by atoms with Crippen molar-refractivity contribution >= 4 is 51.7 Å². The Bertz CT molecular complexity index is 766. The van der Waals surface area contributed by atoms with E-state index in [1.807, 2.05) is 0 Å². The largest absolute Gasteiger partial charge is 0.409 e. The van der Waals surface area contributed by atoms with Gasteiger partial charge in [-0.3, -0.25) is 4.79 Å². The fraction of sp³-hybridized carbons (Fsp3) is 0.467. The summed E-state index contributed by atoms with van der Waals surface area (Å²) >= 11 is 12.7. The molecule has 2 aliphatic heterocycles. The summed E-state index contributed by atoms with van der Waals surface area (Å²) < 4.78 is 39.5. The summed E-state index contributed by atoms with van der Waals surface area (Å²) in [6.45, 7) is 0.358. The Hall–Kier alpha value is -1.36. The number of nitrogens with one attached hydrogen (secondary N) is 2. The van der Waals surface area contributed by atoms with Gasteiger partial charge in [0.1, 0.15) is 10.4 Å². The number of nitrogens with zero attached hydrogens (tertiary/aromatic N) is 2. The molecule has 1 aromatic rings. The second kappa shape index (κ2) is 6.99. The first-order valence-electron chi connectivity index (χ1n) is 7.66. The average molecular weight is 425 g/mol. The number of carbonyl (C=O) groups is 1. The molecule has 0 aliphatic carbocycles. The first-order chi connectivity index (χ1) is 12.1. The standard InChI is InChI=1S/C15H16ClF3N4OS2/c1-22-6-7(9-5-10(15(17,18)19)21-23(9)2)11(14(22)25)13(24)20-8-3-4-26-12(8)16/h3-5,7,10-11,21H,6H2,1-2H3,(H,20,24)/t7-,10?,11+/m1/s1. The monoisotopic (exact) mass is 424 g/mol. The number of amides is 1. The molecule has 0 bridgehead atoms. The first kappa shape index (κ1) is 19.4. The Balaban J connectivity index is 1.87. The number of hydrazine groups is 1. The van der Waals surface area contributed by atoms with Crippen molar-refractivity contribution in [3.05, 3.63) is 27.6 Å². The van der Waals surface area contributed by atoms with Gasteiger partial charge in [0.25, 0.3) is 0 Å². The van der Waals surface area contributed by atoms with Crippen molar-refractivity contribution in [3.63, 3.8) is 0 Å². The van der Waals surface area contributed by atoms with Crippen molar-refractivity contribution in [1.29, 1.82) is 0 Å². The van der Waals surface area contributed by atoms with Crippen molar-refractivity contribution < 1.29 is 18.0 Å². The maximum absolute atomic E-state index is 13.0. The molecule has 3 rings (SSSR count). The van der Waals surface area contributed by atoms with Gasteiger partial charge in [-0.2, -0.15) is 13.2 Å². The van der Waals surface area contributed by atoms with E-state index in [-0.39, 0.29) is 5.91 Å². The lowest BCUT2D eigenvalue weighted by Gasteiger charge is -2.25. The topological polar surface area (TPSA) is 47.6 Å². The van der Waals surface area contributed by atoms with E-state index in [4.69, 9.17) is 23.8 Å². The Morgan fingerprint density at radius 1 is 1.46 bits per heavy atom. The molecule has 3 heterocycles. The van der Waals surface area contributed by atoms with Crippen LogP contribution in [0.25, 0.3) is 0 Å². The van der Waals surface area contributed by atoms with Gasteiger partial charge in [-0.25, -0.2) is 5.43 Å². The number of likely N-dealkylation sites (tertiary alicyclic amines) is 1. The van der Waals surface area contributed by atoms with Crippen LogP contribution in [0.4, 0.5) is 18.9 Å². The molecule has 1 amide bonds. The fourth-order valence-corrected chi connectivity index (χ4v) is 4.37. The zero-order chi connectivity index (χ0) is 19.2. The van der Waals surface area contributed by atoms with Crippen LogP contribution in [0, 0.1) is 11.8 Å². The summed E-state index contributed by atoms with van der Waals surface area (Å²) in [6.07, 6.45) is -3.30. The summed E-state index contributed by atoms with van der Waals surface area (Å²) in [5.41, 5.74) is 3.24. The van der Waals surface area contributed by atoms with Crippen LogP contribution < -0.4 is 10.7 Å². The highest BCUT2D eigenvalue weighted by Gasteiger charge is 2.48. The number of rotatable bonds is 3. The van der Waals surface area contributed by atoms with E-state index in [9.17, 15) is 18.0 Å². The van der Waals surface area contributed by atoms with Gasteiger partial charge >= 0.3 is 6.18 Å². The van der Waals surface area contributed by atoms with Crippen molar-refractivity contribution in [2.45, 2.75) is 12.2 Å². The predicted molar refractivity (Wildman–Crippen MR) is 99.0 cm³/mol. The molecule has 0 radical (unpaired) electrons. The minimum atomic E-state index is -4.41. The van der Waals surface area contributed by atoms with E-state index < -0.39 is 24.1 Å².